The number of Topliss-reactive ketones (excluding diaryl/α,β-unsaturated/α-hetero) is 1. The van der Waals surface area contributed by atoms with Gasteiger partial charge in [0.25, 0.3) is 13.0 Å². The van der Waals surface area contributed by atoms with Gasteiger partial charge in [-0.25, -0.2) is 5.26 Å². The van der Waals surface area contributed by atoms with Crippen molar-refractivity contribution in [2.75, 3.05) is 13.7 Å². The maximum absolute atomic E-state index is 14.7. The van der Waals surface area contributed by atoms with Gasteiger partial charge in [0.05, 0.1) is 73.0 Å². The lowest BCUT2D eigenvalue weighted by Gasteiger charge is -2.44. The van der Waals surface area contributed by atoms with Gasteiger partial charge < -0.3 is 102 Å². The first-order valence-electron chi connectivity index (χ1n) is 25.6. The molecule has 26 nitrogen and oxygen atoms in total. The SMILES string of the molecule is COC1C(O)CC(OC2CC(Oc3cc4cc5c(c(O)c4c(O)c3C)C(=O)[C@@H](OC3CC(OC4CC(OC6OCC(OC(C)=O)C(C)O6)C(O)C(C)O4)C(O)C(C)O3)C([CH]OC(O)OO)C5)OC(C)C2OC(C)=O)OC1C. The number of phenols is 2. The second-order valence-corrected chi connectivity index (χ2v) is 20.3. The molecule has 0 aromatic heterocycles. The van der Waals surface area contributed by atoms with Gasteiger partial charge in [0.15, 0.2) is 36.9 Å². The molecule has 1 radical (unpaired) electrons. The molecule has 0 amide bonds. The number of hydrogen-bond acceptors (Lipinski definition) is 26. The number of methoxy groups -OCH3 is 1. The van der Waals surface area contributed by atoms with Crippen molar-refractivity contribution in [3.63, 3.8) is 0 Å². The van der Waals surface area contributed by atoms with Gasteiger partial charge in [0.2, 0.25) is 6.29 Å². The van der Waals surface area contributed by atoms with E-state index in [1.807, 2.05) is 0 Å². The molecular formula is C51H71O26. The van der Waals surface area contributed by atoms with Crippen LogP contribution in [0.3, 0.4) is 0 Å². The minimum Gasteiger partial charge on any atom is -0.507 e. The van der Waals surface area contributed by atoms with Gasteiger partial charge in [-0.1, -0.05) is 0 Å². The largest absolute Gasteiger partial charge is 0.507 e. The van der Waals surface area contributed by atoms with Crippen LogP contribution < -0.4 is 4.74 Å². The first-order valence-corrected chi connectivity index (χ1v) is 25.6. The molecule has 0 spiro atoms. The zero-order valence-electron chi connectivity index (χ0n) is 44.1. The lowest BCUT2D eigenvalue weighted by Crippen LogP contribution is -2.56. The number of ether oxygens (including phenoxy) is 15. The molecular weight excluding hydrogens is 1030 g/mol. The number of aromatic hydroxyl groups is 2. The minimum atomic E-state index is -2.16. The van der Waals surface area contributed by atoms with Crippen molar-refractivity contribution in [2.45, 2.75) is 217 Å². The van der Waals surface area contributed by atoms with Gasteiger partial charge in [-0.3, -0.25) is 14.4 Å². The average molecular weight is 1100 g/mol. The van der Waals surface area contributed by atoms with E-state index >= 15 is 0 Å². The van der Waals surface area contributed by atoms with Crippen LogP contribution in [0, 0.1) is 19.4 Å². The lowest BCUT2D eigenvalue weighted by atomic mass is 9.79. The molecule has 2 aromatic carbocycles. The number of rotatable bonds is 17. The number of aliphatic hydroxyl groups excluding tert-OH is 4. The highest BCUT2D eigenvalue weighted by atomic mass is 17.2. The summed E-state index contributed by atoms with van der Waals surface area (Å²) in [6, 6.07) is 3.10. The van der Waals surface area contributed by atoms with E-state index in [1.165, 1.54) is 27.9 Å². The first kappa shape index (κ1) is 59.1. The normalized spacial score (nSPS) is 39.1. The van der Waals surface area contributed by atoms with Crippen molar-refractivity contribution < 1.29 is 126 Å². The smallest absolute Gasteiger partial charge is 0.303 e. The molecule has 5 heterocycles. The van der Waals surface area contributed by atoms with Gasteiger partial charge in [-0.15, -0.1) is 0 Å². The summed E-state index contributed by atoms with van der Waals surface area (Å²) >= 11 is 0. The number of phenolic OH excluding ortho intramolecular Hbond substituents is 2. The summed E-state index contributed by atoms with van der Waals surface area (Å²) in [5, 5.41) is 76.1. The quantitative estimate of drug-likeness (QED) is 0.0515. The number of benzene rings is 2. The molecule has 1 aliphatic carbocycles. The topological polar surface area (TPSA) is 340 Å². The Balaban J connectivity index is 0.988. The number of esters is 2. The molecule has 431 valence electrons. The zero-order chi connectivity index (χ0) is 55.7. The van der Waals surface area contributed by atoms with Crippen LogP contribution in [0.15, 0.2) is 12.1 Å². The van der Waals surface area contributed by atoms with Crippen LogP contribution in [-0.2, 0) is 87.2 Å². The number of fused-ring (bicyclic) bond motifs is 2. The first-order chi connectivity index (χ1) is 36.5. The molecule has 8 rings (SSSR count). The summed E-state index contributed by atoms with van der Waals surface area (Å²) in [7, 11) is 1.47. The lowest BCUT2D eigenvalue weighted by molar-refractivity contribution is -0.406. The Hall–Kier alpha value is -4.01. The third-order valence-electron chi connectivity index (χ3n) is 14.7. The third kappa shape index (κ3) is 13.4. The maximum Gasteiger partial charge on any atom is 0.303 e. The van der Waals surface area contributed by atoms with E-state index in [1.54, 1.807) is 46.8 Å². The molecule has 77 heavy (non-hydrogen) atoms. The number of hydrogen-bond donors (Lipinski definition) is 7. The molecule has 5 aliphatic heterocycles. The van der Waals surface area contributed by atoms with E-state index in [9.17, 15) is 45.0 Å². The van der Waals surface area contributed by atoms with E-state index in [2.05, 4.69) is 4.89 Å². The summed E-state index contributed by atoms with van der Waals surface area (Å²) in [6.45, 7) is 9.95. The summed E-state index contributed by atoms with van der Waals surface area (Å²) in [5.41, 5.74) is 0.218. The molecule has 21 unspecified atom stereocenters. The fraction of sp³-hybridized carbons (Fsp3) is 0.725. The fourth-order valence-electron chi connectivity index (χ4n) is 10.7. The molecule has 6 aliphatic rings. The van der Waals surface area contributed by atoms with Crippen LogP contribution in [-0.4, -0.2) is 197 Å². The number of ketones is 1. The predicted molar refractivity (Wildman–Crippen MR) is 255 cm³/mol. The van der Waals surface area contributed by atoms with Crippen molar-refractivity contribution in [2.24, 2.45) is 5.92 Å². The van der Waals surface area contributed by atoms with Gasteiger partial charge in [0.1, 0.15) is 47.8 Å². The van der Waals surface area contributed by atoms with Gasteiger partial charge in [-0.05, 0) is 71.0 Å². The third-order valence-corrected chi connectivity index (χ3v) is 14.7. The number of aliphatic hydroxyl groups is 4. The van der Waals surface area contributed by atoms with Gasteiger partial charge in [0, 0.05) is 58.1 Å². The summed E-state index contributed by atoms with van der Waals surface area (Å²) in [5.74, 6) is -3.81. The summed E-state index contributed by atoms with van der Waals surface area (Å²) < 4.78 is 88.3. The average Bonchev–Trinajstić information content (AvgIpc) is 3.42. The standard InChI is InChI=1S/C51H71O26/c1-19-31(72-38-16-34(48(24(6)68-38)71-26(8)53)74-36-13-30(54)47(62-9)23(5)67-36)12-28-10-27-11-29(17-63-50(60)77-61)49(46(59)41(27)45(58)40(28)42(19)55)76-39-14-32(43(56)21(3)66-39)73-37-15-33(44(57)22(4)65-37)75-51-64-18-35(20(2)69-51)70-25(7)52/h10,12,17,20-24,29-30,32-39,43-44,47-51,54-58,60-61H,11,13-16,18H2,1-9H3/t20?,21?,22?,23?,24?,29?,30?,32?,33?,34?,35?,36?,37?,38?,39?,43?,44?,47?,48?,49-,50?,51?/m0/s1. The van der Waals surface area contributed by atoms with E-state index < -0.39 is 165 Å². The second kappa shape index (κ2) is 25.2. The highest BCUT2D eigenvalue weighted by Crippen LogP contribution is 2.47. The fourth-order valence-corrected chi connectivity index (χ4v) is 10.7. The predicted octanol–water partition coefficient (Wildman–Crippen LogP) is 2.00. The molecule has 5 saturated heterocycles. The van der Waals surface area contributed by atoms with E-state index in [-0.39, 0.29) is 71.9 Å². The van der Waals surface area contributed by atoms with Crippen molar-refractivity contribution in [1.82, 2.24) is 0 Å². The van der Waals surface area contributed by atoms with Crippen molar-refractivity contribution in [1.29, 1.82) is 0 Å². The van der Waals surface area contributed by atoms with Gasteiger partial charge >= 0.3 is 11.9 Å². The van der Waals surface area contributed by atoms with Crippen LogP contribution >= 0.6 is 0 Å². The molecule has 0 bridgehead atoms. The van der Waals surface area contributed by atoms with E-state index in [0.29, 0.717) is 0 Å². The molecule has 2 aromatic rings. The summed E-state index contributed by atoms with van der Waals surface area (Å²) in [4.78, 5) is 42.3. The van der Waals surface area contributed by atoms with Crippen molar-refractivity contribution in [3.05, 3.63) is 35.4 Å². The van der Waals surface area contributed by atoms with Gasteiger partial charge in [-0.2, -0.15) is 4.89 Å². The molecule has 7 N–H and O–H groups in total. The van der Waals surface area contributed by atoms with Crippen LogP contribution in [0.5, 0.6) is 17.2 Å². The molecule has 5 fully saturated rings. The number of carbonyl (C=O) groups excluding carboxylic acids is 3. The van der Waals surface area contributed by atoms with Crippen LogP contribution in [0.2, 0.25) is 0 Å². The second-order valence-electron chi connectivity index (χ2n) is 20.3. The van der Waals surface area contributed by atoms with Crippen LogP contribution in [0.4, 0.5) is 0 Å². The highest BCUT2D eigenvalue weighted by molar-refractivity contribution is 6.11. The highest BCUT2D eigenvalue weighted by Gasteiger charge is 2.49. The Kier molecular flexibility index (Phi) is 19.3. The van der Waals surface area contributed by atoms with E-state index in [0.717, 1.165) is 6.61 Å². The van der Waals surface area contributed by atoms with Crippen molar-refractivity contribution in [3.8, 4) is 17.2 Å². The van der Waals surface area contributed by atoms with Crippen LogP contribution in [0.25, 0.3) is 10.8 Å². The zero-order valence-corrected chi connectivity index (χ0v) is 44.1. The Bertz CT molecular complexity index is 2360. The Morgan fingerprint density at radius 2 is 1.29 bits per heavy atom. The van der Waals surface area contributed by atoms with E-state index in [4.69, 9.17) is 76.3 Å². The molecule has 0 saturated carbocycles. The monoisotopic (exact) mass is 1100 g/mol. The van der Waals surface area contributed by atoms with Crippen molar-refractivity contribution >= 4 is 28.5 Å². The Morgan fingerprint density at radius 3 is 1.91 bits per heavy atom. The minimum absolute atomic E-state index is 0.00126. The number of carbonyl (C=O) groups is 3. The Morgan fingerprint density at radius 1 is 0.701 bits per heavy atom. The van der Waals surface area contributed by atoms with Crippen LogP contribution in [0.1, 0.15) is 95.6 Å². The Labute approximate surface area is 443 Å². The molecule has 22 atom stereocenters. The summed E-state index contributed by atoms with van der Waals surface area (Å²) in [6.07, 6.45) is -17.9. The molecule has 26 heteroatoms. The maximum atomic E-state index is 14.7.